The zero-order valence-electron chi connectivity index (χ0n) is 14.8. The summed E-state index contributed by atoms with van der Waals surface area (Å²) in [4.78, 5) is 19.3. The predicted molar refractivity (Wildman–Crippen MR) is 102 cm³/mol. The van der Waals surface area contributed by atoms with E-state index in [0.717, 1.165) is 19.6 Å². The van der Waals surface area contributed by atoms with Gasteiger partial charge in [0.15, 0.2) is 0 Å². The van der Waals surface area contributed by atoms with Crippen molar-refractivity contribution in [3.8, 4) is 0 Å². The van der Waals surface area contributed by atoms with Gasteiger partial charge in [-0.2, -0.15) is 4.52 Å². The Morgan fingerprint density at radius 2 is 1.92 bits per heavy atom. The van der Waals surface area contributed by atoms with E-state index in [-0.39, 0.29) is 5.56 Å². The van der Waals surface area contributed by atoms with E-state index in [0.29, 0.717) is 22.3 Å². The maximum absolute atomic E-state index is 12.0. The number of nitrogens with zero attached hydrogens (tertiary/aromatic N) is 4. The van der Waals surface area contributed by atoms with E-state index >= 15 is 0 Å². The van der Waals surface area contributed by atoms with Crippen LogP contribution in [0, 0.1) is 6.92 Å². The Labute approximate surface area is 151 Å². The molecule has 0 aliphatic heterocycles. The van der Waals surface area contributed by atoms with Gasteiger partial charge >= 0.3 is 0 Å². The molecular formula is C18H23N5OS. The summed E-state index contributed by atoms with van der Waals surface area (Å²) < 4.78 is 1.35. The Morgan fingerprint density at radius 3 is 2.64 bits per heavy atom. The number of fused-ring (bicyclic) bond motifs is 1. The molecule has 0 amide bonds. The summed E-state index contributed by atoms with van der Waals surface area (Å²) >= 11 is 1.39. The molecule has 0 unspecified atom stereocenters. The fourth-order valence-corrected chi connectivity index (χ4v) is 3.58. The van der Waals surface area contributed by atoms with Crippen molar-refractivity contribution in [2.45, 2.75) is 33.9 Å². The zero-order valence-corrected chi connectivity index (χ0v) is 15.6. The van der Waals surface area contributed by atoms with Crippen molar-refractivity contribution in [2.75, 3.05) is 18.4 Å². The van der Waals surface area contributed by atoms with Crippen molar-refractivity contribution in [3.63, 3.8) is 0 Å². The Balaban J connectivity index is 1.78. The lowest BCUT2D eigenvalue weighted by atomic mass is 10.1. The summed E-state index contributed by atoms with van der Waals surface area (Å²) in [6, 6.07) is 9.93. The highest BCUT2D eigenvalue weighted by atomic mass is 32.1. The van der Waals surface area contributed by atoms with Crippen molar-refractivity contribution >= 4 is 21.4 Å². The lowest BCUT2D eigenvalue weighted by Crippen LogP contribution is -2.23. The van der Waals surface area contributed by atoms with Crippen molar-refractivity contribution in [1.82, 2.24) is 19.5 Å². The number of nitrogens with one attached hydrogen (secondary N) is 1. The molecule has 0 bridgehead atoms. The van der Waals surface area contributed by atoms with Crippen LogP contribution in [0.25, 0.3) is 4.96 Å². The van der Waals surface area contributed by atoms with Gasteiger partial charge < -0.3 is 5.32 Å². The lowest BCUT2D eigenvalue weighted by Gasteiger charge is -2.20. The third kappa shape index (κ3) is 4.05. The summed E-state index contributed by atoms with van der Waals surface area (Å²) in [6.45, 7) is 9.85. The average Bonchev–Trinajstić information content (AvgIpc) is 3.02. The first-order chi connectivity index (χ1) is 12.1. The Bertz CT molecular complexity index is 913. The smallest absolute Gasteiger partial charge is 0.275 e. The minimum absolute atomic E-state index is 0.145. The quantitative estimate of drug-likeness (QED) is 0.704. The molecule has 1 N–H and O–H groups in total. The van der Waals surface area contributed by atoms with Crippen LogP contribution in [-0.4, -0.2) is 32.6 Å². The van der Waals surface area contributed by atoms with Crippen LogP contribution in [0.3, 0.4) is 0 Å². The minimum atomic E-state index is -0.145. The number of hydrogen-bond acceptors (Lipinski definition) is 6. The van der Waals surface area contributed by atoms with Crippen LogP contribution in [0.1, 0.15) is 30.7 Å². The van der Waals surface area contributed by atoms with Gasteiger partial charge in [-0.15, -0.1) is 5.10 Å². The largest absolute Gasteiger partial charge is 0.356 e. The number of anilines is 1. The molecule has 0 saturated carbocycles. The van der Waals surface area contributed by atoms with Gasteiger partial charge in [-0.1, -0.05) is 49.4 Å². The molecule has 3 rings (SSSR count). The predicted octanol–water partition coefficient (Wildman–Crippen LogP) is 2.91. The molecule has 2 aromatic heterocycles. The van der Waals surface area contributed by atoms with E-state index in [2.05, 4.69) is 58.4 Å². The zero-order chi connectivity index (χ0) is 17.8. The molecule has 0 atom stereocenters. The van der Waals surface area contributed by atoms with Gasteiger partial charge in [-0.05, 0) is 31.1 Å². The summed E-state index contributed by atoms with van der Waals surface area (Å²) in [6.07, 6.45) is 0. The molecule has 6 nitrogen and oxygen atoms in total. The molecule has 0 aliphatic rings. The molecule has 0 spiro atoms. The number of rotatable bonds is 7. The molecule has 132 valence electrons. The van der Waals surface area contributed by atoms with Crippen molar-refractivity contribution < 1.29 is 0 Å². The van der Waals surface area contributed by atoms with Crippen LogP contribution in [0.2, 0.25) is 0 Å². The third-order valence-electron chi connectivity index (χ3n) is 4.21. The second-order valence-electron chi connectivity index (χ2n) is 5.92. The van der Waals surface area contributed by atoms with Gasteiger partial charge in [0.2, 0.25) is 10.1 Å². The Hall–Kier alpha value is -2.25. The topological polar surface area (TPSA) is 62.5 Å². The lowest BCUT2D eigenvalue weighted by molar-refractivity contribution is 0.295. The second-order valence-corrected chi connectivity index (χ2v) is 6.88. The van der Waals surface area contributed by atoms with Crippen LogP contribution < -0.4 is 10.9 Å². The maximum atomic E-state index is 12.0. The van der Waals surface area contributed by atoms with Crippen LogP contribution in [0.4, 0.5) is 5.13 Å². The van der Waals surface area contributed by atoms with E-state index in [9.17, 15) is 4.79 Å². The maximum Gasteiger partial charge on any atom is 0.275 e. The van der Waals surface area contributed by atoms with Crippen molar-refractivity contribution in [1.29, 1.82) is 0 Å². The SMILES string of the molecule is CCN(CC)Cc1ccccc1CNc1nn2c(=O)cc(C)nc2s1. The van der Waals surface area contributed by atoms with Gasteiger partial charge in [0.25, 0.3) is 5.56 Å². The highest BCUT2D eigenvalue weighted by molar-refractivity contribution is 7.20. The Morgan fingerprint density at radius 1 is 1.20 bits per heavy atom. The van der Waals surface area contributed by atoms with Gasteiger partial charge in [-0.3, -0.25) is 9.69 Å². The van der Waals surface area contributed by atoms with Gasteiger partial charge in [0.1, 0.15) is 0 Å². The molecule has 0 fully saturated rings. The summed E-state index contributed by atoms with van der Waals surface area (Å²) in [5.74, 6) is 0. The van der Waals surface area contributed by atoms with Crippen LogP contribution in [-0.2, 0) is 13.1 Å². The fourth-order valence-electron chi connectivity index (χ4n) is 2.74. The summed E-state index contributed by atoms with van der Waals surface area (Å²) in [7, 11) is 0. The third-order valence-corrected chi connectivity index (χ3v) is 5.08. The first-order valence-electron chi connectivity index (χ1n) is 8.51. The second kappa shape index (κ2) is 7.76. The number of aryl methyl sites for hydroxylation is 1. The number of aromatic nitrogens is 3. The minimum Gasteiger partial charge on any atom is -0.356 e. The van der Waals surface area contributed by atoms with Gasteiger partial charge in [0, 0.05) is 24.8 Å². The molecule has 2 heterocycles. The molecule has 25 heavy (non-hydrogen) atoms. The van der Waals surface area contributed by atoms with Crippen LogP contribution in [0.5, 0.6) is 0 Å². The van der Waals surface area contributed by atoms with Crippen LogP contribution >= 0.6 is 11.3 Å². The molecule has 7 heteroatoms. The van der Waals surface area contributed by atoms with E-state index in [1.807, 2.05) is 6.92 Å². The molecule has 1 aromatic carbocycles. The first-order valence-corrected chi connectivity index (χ1v) is 9.33. The summed E-state index contributed by atoms with van der Waals surface area (Å²) in [5, 5.41) is 8.37. The highest BCUT2D eigenvalue weighted by Crippen LogP contribution is 2.19. The monoisotopic (exact) mass is 357 g/mol. The molecular weight excluding hydrogens is 334 g/mol. The van der Waals surface area contributed by atoms with E-state index in [4.69, 9.17) is 0 Å². The molecule has 0 aliphatic carbocycles. The average molecular weight is 357 g/mol. The Kier molecular flexibility index (Phi) is 5.45. The fraction of sp³-hybridized carbons (Fsp3) is 0.389. The van der Waals surface area contributed by atoms with Crippen molar-refractivity contribution in [3.05, 3.63) is 57.5 Å². The number of benzene rings is 1. The normalized spacial score (nSPS) is 11.4. The van der Waals surface area contributed by atoms with E-state index in [1.165, 1.54) is 33.0 Å². The van der Waals surface area contributed by atoms with Crippen LogP contribution in [0.15, 0.2) is 35.1 Å². The first kappa shape index (κ1) is 17.6. The summed E-state index contributed by atoms with van der Waals surface area (Å²) in [5.41, 5.74) is 3.12. The molecule has 0 saturated heterocycles. The van der Waals surface area contributed by atoms with Crippen molar-refractivity contribution in [2.24, 2.45) is 0 Å². The van der Waals surface area contributed by atoms with Gasteiger partial charge in [-0.25, -0.2) is 4.98 Å². The van der Waals surface area contributed by atoms with Gasteiger partial charge in [0.05, 0.1) is 0 Å². The molecule has 3 aromatic rings. The number of hydrogen-bond donors (Lipinski definition) is 1. The van der Waals surface area contributed by atoms with E-state index < -0.39 is 0 Å². The highest BCUT2D eigenvalue weighted by Gasteiger charge is 2.09. The standard InChI is InChI=1S/C18H23N5OS/c1-4-22(5-2)12-15-9-7-6-8-14(15)11-19-17-21-23-16(24)10-13(3)20-18(23)25-17/h6-10H,4-5,11-12H2,1-3H3,(H,19,21). The van der Waals surface area contributed by atoms with E-state index in [1.54, 1.807) is 0 Å². The molecule has 0 radical (unpaired) electrons.